The van der Waals surface area contributed by atoms with Gasteiger partial charge in [-0.15, -0.1) is 0 Å². The van der Waals surface area contributed by atoms with E-state index in [9.17, 15) is 0 Å². The molecule has 4 rings (SSSR count). The molecule has 0 spiro atoms. The topological polar surface area (TPSA) is 58.9 Å². The van der Waals surface area contributed by atoms with Crippen molar-refractivity contribution in [1.82, 2.24) is 24.6 Å². The fraction of sp³-hybridized carbons (Fsp3) is 0.0714. The molecule has 5 heteroatoms. The van der Waals surface area contributed by atoms with Gasteiger partial charge < -0.3 is 4.40 Å². The van der Waals surface area contributed by atoms with Gasteiger partial charge in [0.05, 0.1) is 23.6 Å². The number of aromatic nitrogens is 5. The lowest BCUT2D eigenvalue weighted by atomic mass is 10.0. The van der Waals surface area contributed by atoms with E-state index in [1.165, 1.54) is 5.56 Å². The monoisotopic (exact) mass is 249 g/mol. The fourth-order valence-corrected chi connectivity index (χ4v) is 2.42. The SMILES string of the molecule is Cc1ccc2[nH]ncc2c1-c1cn2ccnc2cn1. The molecule has 19 heavy (non-hydrogen) atoms. The van der Waals surface area contributed by atoms with Gasteiger partial charge in [0.15, 0.2) is 5.65 Å². The molecule has 0 saturated heterocycles. The highest BCUT2D eigenvalue weighted by atomic mass is 15.1. The molecular weight excluding hydrogens is 238 g/mol. The molecule has 5 nitrogen and oxygen atoms in total. The summed E-state index contributed by atoms with van der Waals surface area (Å²) < 4.78 is 1.97. The lowest BCUT2D eigenvalue weighted by molar-refractivity contribution is 1.12. The number of aryl methyl sites for hydroxylation is 1. The van der Waals surface area contributed by atoms with Crippen LogP contribution in [0.1, 0.15) is 5.56 Å². The Morgan fingerprint density at radius 2 is 2.11 bits per heavy atom. The normalized spacial score (nSPS) is 11.4. The van der Waals surface area contributed by atoms with Crippen molar-refractivity contribution in [3.05, 3.63) is 48.7 Å². The minimum atomic E-state index is 0.848. The van der Waals surface area contributed by atoms with Crippen LogP contribution in [0.4, 0.5) is 0 Å². The van der Waals surface area contributed by atoms with E-state index < -0.39 is 0 Å². The molecule has 0 amide bonds. The van der Waals surface area contributed by atoms with E-state index in [4.69, 9.17) is 0 Å². The number of nitrogens with zero attached hydrogens (tertiary/aromatic N) is 4. The lowest BCUT2D eigenvalue weighted by Gasteiger charge is -2.07. The maximum Gasteiger partial charge on any atom is 0.155 e. The second-order valence-electron chi connectivity index (χ2n) is 4.55. The van der Waals surface area contributed by atoms with Crippen LogP contribution in [0.2, 0.25) is 0 Å². The first-order valence-corrected chi connectivity index (χ1v) is 6.05. The van der Waals surface area contributed by atoms with Gasteiger partial charge in [-0.25, -0.2) is 4.98 Å². The van der Waals surface area contributed by atoms with Crippen molar-refractivity contribution in [2.75, 3.05) is 0 Å². The molecule has 0 aliphatic heterocycles. The van der Waals surface area contributed by atoms with Gasteiger partial charge in [0.1, 0.15) is 0 Å². The summed E-state index contributed by atoms with van der Waals surface area (Å²) in [7, 11) is 0. The molecule has 0 aliphatic rings. The Morgan fingerprint density at radius 3 is 3.05 bits per heavy atom. The molecule has 4 aromatic rings. The van der Waals surface area contributed by atoms with E-state index in [0.717, 1.165) is 27.8 Å². The highest BCUT2D eigenvalue weighted by Gasteiger charge is 2.10. The Hall–Kier alpha value is -2.69. The summed E-state index contributed by atoms with van der Waals surface area (Å²) in [6.45, 7) is 2.08. The first-order valence-electron chi connectivity index (χ1n) is 6.05. The number of nitrogens with one attached hydrogen (secondary N) is 1. The smallest absolute Gasteiger partial charge is 0.155 e. The average molecular weight is 249 g/mol. The zero-order valence-corrected chi connectivity index (χ0v) is 10.3. The lowest BCUT2D eigenvalue weighted by Crippen LogP contribution is -1.92. The van der Waals surface area contributed by atoms with Gasteiger partial charge in [0, 0.05) is 29.5 Å². The minimum Gasteiger partial charge on any atom is -0.304 e. The molecule has 0 aliphatic carbocycles. The molecule has 0 radical (unpaired) electrons. The van der Waals surface area contributed by atoms with Crippen LogP contribution in [0.3, 0.4) is 0 Å². The first-order chi connectivity index (χ1) is 9.33. The molecule has 3 heterocycles. The summed E-state index contributed by atoms with van der Waals surface area (Å²) in [4.78, 5) is 8.73. The van der Waals surface area contributed by atoms with E-state index in [2.05, 4.69) is 33.2 Å². The average Bonchev–Trinajstić information content (AvgIpc) is 3.05. The number of hydrogen-bond donors (Lipinski definition) is 1. The van der Waals surface area contributed by atoms with Crippen LogP contribution < -0.4 is 0 Å². The van der Waals surface area contributed by atoms with Gasteiger partial charge in [-0.1, -0.05) is 6.07 Å². The maximum absolute atomic E-state index is 4.51. The summed E-state index contributed by atoms with van der Waals surface area (Å²) in [6, 6.07) is 4.12. The van der Waals surface area contributed by atoms with Crippen LogP contribution in [-0.2, 0) is 0 Å². The third kappa shape index (κ3) is 1.45. The number of fused-ring (bicyclic) bond motifs is 2. The van der Waals surface area contributed by atoms with E-state index in [1.54, 1.807) is 12.4 Å². The maximum atomic E-state index is 4.51. The first kappa shape index (κ1) is 10.3. The largest absolute Gasteiger partial charge is 0.304 e. The third-order valence-corrected chi connectivity index (χ3v) is 3.37. The molecule has 1 N–H and O–H groups in total. The van der Waals surface area contributed by atoms with Gasteiger partial charge in [0.2, 0.25) is 0 Å². The van der Waals surface area contributed by atoms with Crippen LogP contribution in [0.5, 0.6) is 0 Å². The molecule has 0 atom stereocenters. The van der Waals surface area contributed by atoms with Crippen molar-refractivity contribution in [1.29, 1.82) is 0 Å². The third-order valence-electron chi connectivity index (χ3n) is 3.37. The molecular formula is C14H11N5. The van der Waals surface area contributed by atoms with E-state index in [-0.39, 0.29) is 0 Å². The van der Waals surface area contributed by atoms with E-state index >= 15 is 0 Å². The van der Waals surface area contributed by atoms with Gasteiger partial charge in [-0.3, -0.25) is 10.1 Å². The van der Waals surface area contributed by atoms with Crippen molar-refractivity contribution in [3.63, 3.8) is 0 Å². The number of hydrogen-bond acceptors (Lipinski definition) is 3. The summed E-state index contributed by atoms with van der Waals surface area (Å²) >= 11 is 0. The molecule has 0 bridgehead atoms. The number of rotatable bonds is 1. The fourth-order valence-electron chi connectivity index (χ4n) is 2.42. The highest BCUT2D eigenvalue weighted by molar-refractivity contribution is 5.95. The summed E-state index contributed by atoms with van der Waals surface area (Å²) in [5, 5.41) is 8.19. The van der Waals surface area contributed by atoms with Crippen LogP contribution in [0.25, 0.3) is 27.8 Å². The number of benzene rings is 1. The summed E-state index contributed by atoms with van der Waals surface area (Å²) in [6.07, 6.45) is 9.32. The van der Waals surface area contributed by atoms with Crippen molar-refractivity contribution in [3.8, 4) is 11.3 Å². The highest BCUT2D eigenvalue weighted by Crippen LogP contribution is 2.29. The second kappa shape index (κ2) is 3.65. The summed E-state index contributed by atoms with van der Waals surface area (Å²) in [5.74, 6) is 0. The van der Waals surface area contributed by atoms with Gasteiger partial charge >= 0.3 is 0 Å². The number of imidazole rings is 1. The minimum absolute atomic E-state index is 0.848. The van der Waals surface area contributed by atoms with Crippen LogP contribution >= 0.6 is 0 Å². The van der Waals surface area contributed by atoms with E-state index in [1.807, 2.05) is 29.1 Å². The Kier molecular flexibility index (Phi) is 1.97. The zero-order valence-electron chi connectivity index (χ0n) is 10.3. The predicted molar refractivity (Wildman–Crippen MR) is 72.8 cm³/mol. The molecule has 92 valence electrons. The van der Waals surface area contributed by atoms with Crippen LogP contribution in [-0.4, -0.2) is 24.6 Å². The van der Waals surface area contributed by atoms with Crippen LogP contribution in [0, 0.1) is 6.92 Å². The zero-order chi connectivity index (χ0) is 12.8. The molecule has 0 unspecified atom stereocenters. The van der Waals surface area contributed by atoms with E-state index in [0.29, 0.717) is 0 Å². The van der Waals surface area contributed by atoms with Gasteiger partial charge in [0.25, 0.3) is 0 Å². The van der Waals surface area contributed by atoms with Crippen molar-refractivity contribution < 1.29 is 0 Å². The van der Waals surface area contributed by atoms with Crippen LogP contribution in [0.15, 0.2) is 43.1 Å². The molecule has 1 aromatic carbocycles. The van der Waals surface area contributed by atoms with Gasteiger partial charge in [-0.05, 0) is 18.6 Å². The van der Waals surface area contributed by atoms with Crippen molar-refractivity contribution >= 4 is 16.6 Å². The Morgan fingerprint density at radius 1 is 1.16 bits per heavy atom. The molecule has 3 aromatic heterocycles. The van der Waals surface area contributed by atoms with Gasteiger partial charge in [-0.2, -0.15) is 5.10 Å². The predicted octanol–water partition coefficient (Wildman–Crippen LogP) is 2.58. The van der Waals surface area contributed by atoms with Crippen molar-refractivity contribution in [2.24, 2.45) is 0 Å². The molecule has 0 fully saturated rings. The number of H-pyrrole nitrogens is 1. The summed E-state index contributed by atoms with van der Waals surface area (Å²) in [5.41, 5.74) is 5.09. The molecule has 0 saturated carbocycles. The Labute approximate surface area is 108 Å². The Balaban J connectivity index is 2.07. The standard InChI is InChI=1S/C14H11N5/c1-9-2-3-11-10(6-17-18-11)14(9)12-8-19-5-4-15-13(19)7-16-12/h2-8H,1H3,(H,17,18). The second-order valence-corrected chi connectivity index (χ2v) is 4.55. The quantitative estimate of drug-likeness (QED) is 0.564. The number of aromatic amines is 1. The van der Waals surface area contributed by atoms with Crippen molar-refractivity contribution in [2.45, 2.75) is 6.92 Å². The Bertz CT molecular complexity index is 887.